The largest absolute Gasteiger partial charge is 0.504 e. The Hall–Kier alpha value is -5.38. The van der Waals surface area contributed by atoms with E-state index in [0.29, 0.717) is 5.69 Å². The Balaban J connectivity index is 1.80. The molecule has 0 saturated carbocycles. The molecule has 4 N–H and O–H groups in total. The van der Waals surface area contributed by atoms with Gasteiger partial charge in [0.15, 0.2) is 46.1 Å². The summed E-state index contributed by atoms with van der Waals surface area (Å²) in [6.07, 6.45) is 4.10. The highest BCUT2D eigenvalue weighted by Crippen LogP contribution is 2.48. The van der Waals surface area contributed by atoms with Crippen molar-refractivity contribution in [2.75, 3.05) is 0 Å². The Kier molecular flexibility index (Phi) is 7.33. The molecule has 3 aromatic rings. The molecular formula is C34H30N2O8. The second-order valence-corrected chi connectivity index (χ2v) is 11.5. The van der Waals surface area contributed by atoms with Gasteiger partial charge in [-0.25, -0.2) is 0 Å². The van der Waals surface area contributed by atoms with Crippen molar-refractivity contribution in [1.82, 2.24) is 4.98 Å². The molecule has 0 radical (unpaired) electrons. The predicted octanol–water partition coefficient (Wildman–Crippen LogP) is 5.99. The van der Waals surface area contributed by atoms with E-state index in [0.717, 1.165) is 12.3 Å². The van der Waals surface area contributed by atoms with E-state index >= 15 is 0 Å². The van der Waals surface area contributed by atoms with Crippen LogP contribution in [0.15, 0.2) is 57.9 Å². The molecule has 2 aromatic carbocycles. The second-order valence-electron chi connectivity index (χ2n) is 11.5. The number of rotatable bonds is 5. The predicted molar refractivity (Wildman–Crippen MR) is 162 cm³/mol. The Morgan fingerprint density at radius 2 is 1.30 bits per heavy atom. The van der Waals surface area contributed by atoms with Crippen LogP contribution in [0.2, 0.25) is 0 Å². The highest BCUT2D eigenvalue weighted by molar-refractivity contribution is 6.38. The summed E-state index contributed by atoms with van der Waals surface area (Å²) in [6, 6.07) is 4.23. The Morgan fingerprint density at radius 3 is 1.86 bits per heavy atom. The lowest BCUT2D eigenvalue weighted by atomic mass is 9.71. The molecule has 0 saturated heterocycles. The molecule has 1 heterocycles. The van der Waals surface area contributed by atoms with Crippen molar-refractivity contribution < 1.29 is 39.6 Å². The number of ketones is 4. The van der Waals surface area contributed by atoms with Crippen LogP contribution in [0.4, 0.5) is 5.69 Å². The molecule has 2 aliphatic rings. The molecule has 224 valence electrons. The molecule has 10 nitrogen and oxygen atoms in total. The molecule has 0 atom stereocenters. The summed E-state index contributed by atoms with van der Waals surface area (Å²) in [5.41, 5.74) is -1.34. The van der Waals surface area contributed by atoms with Crippen molar-refractivity contribution >= 4 is 35.0 Å². The van der Waals surface area contributed by atoms with E-state index < -0.39 is 58.0 Å². The zero-order valence-electron chi connectivity index (χ0n) is 24.9. The fraction of sp³-hybridized carbons (Fsp3) is 0.235. The average Bonchev–Trinajstić information content (AvgIpc) is 2.97. The van der Waals surface area contributed by atoms with Crippen LogP contribution in [0.25, 0.3) is 0 Å². The average molecular weight is 595 g/mol. The quantitative estimate of drug-likeness (QED) is 0.204. The highest BCUT2D eigenvalue weighted by Gasteiger charge is 2.44. The van der Waals surface area contributed by atoms with Crippen LogP contribution in [0.5, 0.6) is 23.0 Å². The number of hydrogen-bond acceptors (Lipinski definition) is 10. The minimum atomic E-state index is -0.826. The van der Waals surface area contributed by atoms with E-state index in [1.165, 1.54) is 26.2 Å². The lowest BCUT2D eigenvalue weighted by Gasteiger charge is -2.29. The smallest absolute Gasteiger partial charge is 0.195 e. The topological polar surface area (TPSA) is 174 Å². The standard InChI is InChI=1S/C34H30N2O8/c1-13(2)21-25-18(10-20(37)32(21)42)30(40)23(15(5)28(25)38)24-16(6)29(39)27-22(14(3)4)34(44)31(41)19(26(27)33(24)43)12-36-17-8-7-9-35-11-17/h7-14,37,41-42,44H,1-6H3/b36-12+. The molecule has 0 aliphatic heterocycles. The van der Waals surface area contributed by atoms with Crippen LogP contribution < -0.4 is 0 Å². The summed E-state index contributed by atoms with van der Waals surface area (Å²) in [5.74, 6) is -6.25. The fourth-order valence-electron chi connectivity index (χ4n) is 5.96. The van der Waals surface area contributed by atoms with Gasteiger partial charge in [0.25, 0.3) is 0 Å². The summed E-state index contributed by atoms with van der Waals surface area (Å²) in [5, 5.41) is 43.1. The molecule has 0 spiro atoms. The number of fused-ring (bicyclic) bond motifs is 2. The van der Waals surface area contributed by atoms with Crippen LogP contribution in [-0.4, -0.2) is 54.8 Å². The first-order valence-electron chi connectivity index (χ1n) is 14.0. The summed E-state index contributed by atoms with van der Waals surface area (Å²) >= 11 is 0. The molecule has 5 rings (SSSR count). The maximum Gasteiger partial charge on any atom is 0.195 e. The SMILES string of the molecule is CC1=C(C2=C(C)C(=O)c3c(c(/C=N/c4cccnc4)c(O)c(O)c3C(C)C)C2=O)C(=O)c2cc(O)c(O)c(C(C)C)c2C1=O. The van der Waals surface area contributed by atoms with Crippen molar-refractivity contribution in [2.45, 2.75) is 53.4 Å². The van der Waals surface area contributed by atoms with Gasteiger partial charge in [0.2, 0.25) is 0 Å². The number of phenols is 4. The zero-order valence-corrected chi connectivity index (χ0v) is 24.9. The molecule has 0 amide bonds. The van der Waals surface area contributed by atoms with Gasteiger partial charge in [-0.05, 0) is 43.9 Å². The zero-order chi connectivity index (χ0) is 32.4. The highest BCUT2D eigenvalue weighted by atomic mass is 16.3. The van der Waals surface area contributed by atoms with Gasteiger partial charge in [-0.2, -0.15) is 0 Å². The number of carbonyl (C=O) groups excluding carboxylic acids is 4. The number of pyridine rings is 1. The summed E-state index contributed by atoms with van der Waals surface area (Å²) in [7, 11) is 0. The summed E-state index contributed by atoms with van der Waals surface area (Å²) in [6.45, 7) is 9.47. The Bertz CT molecular complexity index is 1930. The van der Waals surface area contributed by atoms with Crippen molar-refractivity contribution in [2.24, 2.45) is 4.99 Å². The molecule has 1 aromatic heterocycles. The van der Waals surface area contributed by atoms with E-state index in [2.05, 4.69) is 9.98 Å². The first kappa shape index (κ1) is 30.1. The van der Waals surface area contributed by atoms with E-state index in [1.807, 2.05) is 0 Å². The summed E-state index contributed by atoms with van der Waals surface area (Å²) in [4.78, 5) is 64.7. The first-order valence-corrected chi connectivity index (χ1v) is 14.0. The van der Waals surface area contributed by atoms with Gasteiger partial charge in [0.1, 0.15) is 0 Å². The number of aromatic hydroxyl groups is 4. The number of carbonyl (C=O) groups is 4. The molecule has 2 aliphatic carbocycles. The van der Waals surface area contributed by atoms with Crippen LogP contribution in [0.1, 0.15) is 112 Å². The van der Waals surface area contributed by atoms with Gasteiger partial charge in [-0.1, -0.05) is 27.7 Å². The third-order valence-corrected chi connectivity index (χ3v) is 8.05. The molecule has 0 bridgehead atoms. The van der Waals surface area contributed by atoms with Crippen molar-refractivity contribution in [3.05, 3.63) is 91.8 Å². The summed E-state index contributed by atoms with van der Waals surface area (Å²) < 4.78 is 0. The Morgan fingerprint density at radius 1 is 0.727 bits per heavy atom. The minimum absolute atomic E-state index is 0.0526. The van der Waals surface area contributed by atoms with Gasteiger partial charge in [0.05, 0.1) is 17.4 Å². The van der Waals surface area contributed by atoms with Crippen molar-refractivity contribution in [3.63, 3.8) is 0 Å². The Labute approximate surface area is 252 Å². The number of nitrogens with zero attached hydrogens (tertiary/aromatic N) is 2. The molecule has 0 unspecified atom stereocenters. The van der Waals surface area contributed by atoms with Gasteiger partial charge in [-0.3, -0.25) is 29.2 Å². The minimum Gasteiger partial charge on any atom is -0.504 e. The molecule has 44 heavy (non-hydrogen) atoms. The maximum absolute atomic E-state index is 14.5. The van der Waals surface area contributed by atoms with Crippen molar-refractivity contribution in [3.8, 4) is 23.0 Å². The fourth-order valence-corrected chi connectivity index (χ4v) is 5.96. The van der Waals surface area contributed by atoms with Crippen LogP contribution >= 0.6 is 0 Å². The third-order valence-electron chi connectivity index (χ3n) is 8.05. The van der Waals surface area contributed by atoms with E-state index in [-0.39, 0.29) is 61.2 Å². The van der Waals surface area contributed by atoms with Gasteiger partial charge in [-0.15, -0.1) is 0 Å². The van der Waals surface area contributed by atoms with Gasteiger partial charge in [0, 0.05) is 68.1 Å². The normalized spacial score (nSPS) is 15.3. The first-order chi connectivity index (χ1) is 20.7. The number of hydrogen-bond donors (Lipinski definition) is 4. The van der Waals surface area contributed by atoms with Gasteiger partial charge < -0.3 is 20.4 Å². The third kappa shape index (κ3) is 4.33. The van der Waals surface area contributed by atoms with E-state index in [4.69, 9.17) is 0 Å². The molecule has 10 heteroatoms. The molecule has 0 fully saturated rings. The van der Waals surface area contributed by atoms with E-state index in [9.17, 15) is 39.6 Å². The van der Waals surface area contributed by atoms with Crippen molar-refractivity contribution in [1.29, 1.82) is 0 Å². The molecular weight excluding hydrogens is 564 g/mol. The van der Waals surface area contributed by atoms with Crippen LogP contribution in [-0.2, 0) is 0 Å². The number of aliphatic imine (C=N–C) groups is 1. The van der Waals surface area contributed by atoms with E-state index in [1.54, 1.807) is 39.8 Å². The number of aromatic nitrogens is 1. The lowest BCUT2D eigenvalue weighted by molar-refractivity contribution is 0.0951. The lowest BCUT2D eigenvalue weighted by Crippen LogP contribution is -2.31. The second kappa shape index (κ2) is 10.7. The van der Waals surface area contributed by atoms with Gasteiger partial charge >= 0.3 is 0 Å². The number of Topliss-reactive ketones (excluding diaryl/α,β-unsaturated/α-hetero) is 4. The number of phenolic OH excluding ortho intramolecular Hbond substituents is 4. The van der Waals surface area contributed by atoms with Crippen LogP contribution in [0.3, 0.4) is 0 Å². The maximum atomic E-state index is 14.5. The van der Waals surface area contributed by atoms with Crippen LogP contribution in [0, 0.1) is 0 Å². The monoisotopic (exact) mass is 594 g/mol. The number of benzene rings is 2. The number of allylic oxidation sites excluding steroid dienone is 4.